The molecule has 1 saturated carbocycles. The first-order valence-electron chi connectivity index (χ1n) is 8.73. The summed E-state index contributed by atoms with van der Waals surface area (Å²) in [5, 5.41) is 8.33. The van der Waals surface area contributed by atoms with E-state index in [1.807, 2.05) is 5.32 Å². The van der Waals surface area contributed by atoms with E-state index in [4.69, 9.17) is 23.1 Å². The molecule has 1 aliphatic rings. The zero-order valence-corrected chi connectivity index (χ0v) is 16.0. The number of nitrogens with zero attached hydrogens (tertiary/aromatic N) is 2. The second-order valence-electron chi connectivity index (χ2n) is 6.89. The molecule has 1 heterocycles. The number of carbonyl (C=O) groups is 1. The number of amides is 2. The van der Waals surface area contributed by atoms with Crippen LogP contribution < -0.4 is 22.1 Å². The van der Waals surface area contributed by atoms with Crippen LogP contribution in [0, 0.1) is 11.7 Å². The van der Waals surface area contributed by atoms with Gasteiger partial charge in [0.1, 0.15) is 17.1 Å². The number of primary amides is 1. The number of hydrogen-bond donors (Lipinski definition) is 4. The molecule has 1 aromatic heterocycles. The van der Waals surface area contributed by atoms with E-state index >= 15 is 0 Å². The number of benzene rings is 1. The Morgan fingerprint density at radius 3 is 2.53 bits per heavy atom. The van der Waals surface area contributed by atoms with Gasteiger partial charge in [-0.3, -0.25) is 0 Å². The van der Waals surface area contributed by atoms with Crippen LogP contribution in [-0.4, -0.2) is 28.3 Å². The molecule has 0 unspecified atom stereocenters. The van der Waals surface area contributed by atoms with Crippen molar-refractivity contribution in [2.24, 2.45) is 17.4 Å². The molecule has 0 radical (unpaired) electrons. The normalized spacial score (nSPS) is 20.3. The fourth-order valence-electron chi connectivity index (χ4n) is 3.40. The van der Waals surface area contributed by atoms with Gasteiger partial charge in [-0.15, -0.1) is 0 Å². The number of aromatic nitrogens is 2. The molecule has 0 bridgehead atoms. The van der Waals surface area contributed by atoms with Crippen molar-refractivity contribution in [3.8, 4) is 0 Å². The van der Waals surface area contributed by atoms with Gasteiger partial charge in [0.25, 0.3) is 6.43 Å². The van der Waals surface area contributed by atoms with E-state index in [0.717, 1.165) is 18.3 Å². The van der Waals surface area contributed by atoms with Crippen molar-refractivity contribution in [1.82, 2.24) is 15.1 Å². The zero-order chi connectivity index (χ0) is 22.2. The molecule has 0 spiro atoms. The maximum Gasteiger partial charge on any atom is 0.333 e. The first-order chi connectivity index (χ1) is 14.1. The van der Waals surface area contributed by atoms with Crippen LogP contribution in [0.3, 0.4) is 0 Å². The van der Waals surface area contributed by atoms with Crippen molar-refractivity contribution in [3.05, 3.63) is 46.5 Å². The summed E-state index contributed by atoms with van der Waals surface area (Å²) in [5.74, 6) is -1.92. The number of hydrogen-bond acceptors (Lipinski definition) is 4. The van der Waals surface area contributed by atoms with Crippen LogP contribution in [0.5, 0.6) is 0 Å². The second kappa shape index (κ2) is 8.26. The molecule has 30 heavy (non-hydrogen) atoms. The highest BCUT2D eigenvalue weighted by Gasteiger charge is 2.59. The van der Waals surface area contributed by atoms with Crippen molar-refractivity contribution in [2.75, 3.05) is 5.32 Å². The lowest BCUT2D eigenvalue weighted by molar-refractivity contribution is 0.0171. The number of nitrogens with two attached hydrogens (primary N) is 2. The minimum absolute atomic E-state index is 0.0357. The Labute approximate surface area is 172 Å². The van der Waals surface area contributed by atoms with Crippen molar-refractivity contribution >= 4 is 23.3 Å². The minimum atomic E-state index is -3.20. The van der Waals surface area contributed by atoms with E-state index in [9.17, 15) is 26.7 Å². The molecule has 1 aromatic carbocycles. The van der Waals surface area contributed by atoms with Crippen LogP contribution in [-0.2, 0) is 12.1 Å². The van der Waals surface area contributed by atoms with Gasteiger partial charge in [-0.05, 0) is 24.6 Å². The average Bonchev–Trinajstić information content (AvgIpc) is 3.27. The van der Waals surface area contributed by atoms with Gasteiger partial charge in [0, 0.05) is 29.4 Å². The summed E-state index contributed by atoms with van der Waals surface area (Å²) in [6, 6.07) is 1.35. The van der Waals surface area contributed by atoms with Crippen LogP contribution in [0.25, 0.3) is 0 Å². The first-order valence-corrected chi connectivity index (χ1v) is 9.11. The Balaban J connectivity index is 1.92. The van der Waals surface area contributed by atoms with Gasteiger partial charge in [0.2, 0.25) is 0 Å². The summed E-state index contributed by atoms with van der Waals surface area (Å²) in [7, 11) is 0. The molecule has 2 aromatic rings. The Bertz CT molecular complexity index is 941. The molecular weight excluding hydrogens is 435 g/mol. The van der Waals surface area contributed by atoms with E-state index in [-0.39, 0.29) is 29.4 Å². The second-order valence-corrected chi connectivity index (χ2v) is 7.30. The summed E-state index contributed by atoms with van der Waals surface area (Å²) in [5.41, 5.74) is 8.13. The van der Waals surface area contributed by atoms with Crippen molar-refractivity contribution in [3.63, 3.8) is 0 Å². The fourth-order valence-corrected chi connectivity index (χ4v) is 3.60. The fraction of sp³-hybridized carbons (Fsp3) is 0.412. The van der Waals surface area contributed by atoms with E-state index in [1.54, 1.807) is 0 Å². The maximum atomic E-state index is 14.6. The number of anilines is 1. The first kappa shape index (κ1) is 22.1. The van der Waals surface area contributed by atoms with E-state index in [0.29, 0.717) is 4.68 Å². The van der Waals surface area contributed by atoms with Crippen LogP contribution in [0.4, 0.5) is 32.4 Å². The number of halogens is 6. The SMILES string of the molecule is NC(=O)N[C@@](c1cc(NCc2nn(C(F)F)cc2Cl)ccc1F)(C(F)F)[C@H]1C[C@H]1N. The molecule has 7 nitrogen and oxygen atoms in total. The summed E-state index contributed by atoms with van der Waals surface area (Å²) in [4.78, 5) is 11.4. The lowest BCUT2D eigenvalue weighted by Gasteiger charge is -2.35. The molecule has 0 aliphatic heterocycles. The van der Waals surface area contributed by atoms with Gasteiger partial charge in [-0.1, -0.05) is 11.6 Å². The third kappa shape index (κ3) is 4.15. The van der Waals surface area contributed by atoms with Crippen molar-refractivity contribution in [2.45, 2.75) is 37.5 Å². The predicted octanol–water partition coefficient (Wildman–Crippen LogP) is 3.16. The summed E-state index contributed by atoms with van der Waals surface area (Å²) >= 11 is 5.86. The molecule has 164 valence electrons. The minimum Gasteiger partial charge on any atom is -0.379 e. The highest BCUT2D eigenvalue weighted by atomic mass is 35.5. The summed E-state index contributed by atoms with van der Waals surface area (Å²) in [6.07, 6.45) is -2.13. The lowest BCUT2D eigenvalue weighted by atomic mass is 9.84. The third-order valence-electron chi connectivity index (χ3n) is 4.93. The Morgan fingerprint density at radius 1 is 1.37 bits per heavy atom. The molecule has 1 fully saturated rings. The largest absolute Gasteiger partial charge is 0.379 e. The number of urea groups is 1. The number of alkyl halides is 4. The van der Waals surface area contributed by atoms with E-state index in [1.165, 1.54) is 6.07 Å². The molecule has 13 heteroatoms. The van der Waals surface area contributed by atoms with Crippen LogP contribution in [0.15, 0.2) is 24.4 Å². The van der Waals surface area contributed by atoms with Gasteiger partial charge in [0.05, 0.1) is 11.6 Å². The van der Waals surface area contributed by atoms with Crippen LogP contribution in [0.1, 0.15) is 24.2 Å². The van der Waals surface area contributed by atoms with E-state index < -0.39 is 47.9 Å². The Hall–Kier alpha value is -2.60. The van der Waals surface area contributed by atoms with Gasteiger partial charge < -0.3 is 22.1 Å². The zero-order valence-electron chi connectivity index (χ0n) is 15.3. The van der Waals surface area contributed by atoms with E-state index in [2.05, 4.69) is 10.4 Å². The highest BCUT2D eigenvalue weighted by molar-refractivity contribution is 6.31. The Kier molecular flexibility index (Phi) is 6.09. The molecule has 0 saturated heterocycles. The average molecular weight is 453 g/mol. The predicted molar refractivity (Wildman–Crippen MR) is 98.7 cm³/mol. The van der Waals surface area contributed by atoms with Gasteiger partial charge in [-0.25, -0.2) is 22.6 Å². The summed E-state index contributed by atoms with van der Waals surface area (Å²) < 4.78 is 68.6. The highest BCUT2D eigenvalue weighted by Crippen LogP contribution is 2.49. The Morgan fingerprint density at radius 2 is 2.03 bits per heavy atom. The molecular formula is C17H18ClF5N6O. The smallest absolute Gasteiger partial charge is 0.333 e. The molecule has 3 rings (SSSR count). The van der Waals surface area contributed by atoms with Crippen LogP contribution in [0.2, 0.25) is 5.02 Å². The van der Waals surface area contributed by atoms with Crippen molar-refractivity contribution in [1.29, 1.82) is 0 Å². The summed E-state index contributed by atoms with van der Waals surface area (Å²) in [6.45, 7) is -3.03. The van der Waals surface area contributed by atoms with Gasteiger partial charge in [0.15, 0.2) is 0 Å². The number of nitrogens with one attached hydrogen (secondary N) is 2. The third-order valence-corrected chi connectivity index (χ3v) is 5.24. The molecule has 6 N–H and O–H groups in total. The van der Waals surface area contributed by atoms with Gasteiger partial charge >= 0.3 is 12.6 Å². The standard InChI is InChI=1S/C17H18ClF5N6O/c18-10-6-29(15(22)23)28-13(10)5-26-7-1-2-11(19)8(3-7)17(14(20)21,27-16(25)30)9-4-12(9)24/h1-3,6,9,12,14-15,26H,4-5,24H2,(H3,25,27,30)/t9-,12+,17+/m0/s1. The van der Waals surface area contributed by atoms with Gasteiger partial charge in [-0.2, -0.15) is 13.9 Å². The quantitative estimate of drug-likeness (QED) is 0.461. The molecule has 1 aliphatic carbocycles. The monoisotopic (exact) mass is 452 g/mol. The molecule has 3 atom stereocenters. The number of carbonyl (C=O) groups excluding carboxylic acids is 1. The van der Waals surface area contributed by atoms with Crippen molar-refractivity contribution < 1.29 is 26.7 Å². The lowest BCUT2D eigenvalue weighted by Crippen LogP contribution is -2.56. The maximum absolute atomic E-state index is 14.6. The topological polar surface area (TPSA) is 111 Å². The van der Waals surface area contributed by atoms with Crippen LogP contribution >= 0.6 is 11.6 Å². The number of rotatable bonds is 8. The molecule has 2 amide bonds.